The molecule has 0 radical (unpaired) electrons. The highest BCUT2D eigenvalue weighted by molar-refractivity contribution is 6.33. The second kappa shape index (κ2) is 6.02. The third-order valence-electron chi connectivity index (χ3n) is 3.31. The normalized spacial score (nSPS) is 10.6. The summed E-state index contributed by atoms with van der Waals surface area (Å²) in [5, 5.41) is 4.15. The van der Waals surface area contributed by atoms with Crippen LogP contribution < -0.4 is 5.32 Å². The minimum absolute atomic E-state index is 0.697. The smallest absolute Gasteiger partial charge is 0.0992 e. The van der Waals surface area contributed by atoms with Gasteiger partial charge in [0.05, 0.1) is 22.7 Å². The lowest BCUT2D eigenvalue weighted by Gasteiger charge is -2.14. The molecule has 106 valence electrons. The molecular weight excluding hydrogens is 282 g/mol. The van der Waals surface area contributed by atoms with E-state index in [1.807, 2.05) is 29.0 Å². The molecule has 0 amide bonds. The highest BCUT2D eigenvalue weighted by Gasteiger charge is 2.08. The molecule has 4 heteroatoms. The number of imidazole rings is 1. The van der Waals surface area contributed by atoms with Crippen LogP contribution in [-0.4, -0.2) is 9.55 Å². The molecule has 0 aliphatic rings. The molecule has 0 spiro atoms. The zero-order chi connectivity index (χ0) is 14.7. The lowest BCUT2D eigenvalue weighted by atomic mass is 10.1. The third kappa shape index (κ3) is 3.09. The zero-order valence-corrected chi connectivity index (χ0v) is 12.5. The number of nitrogens with one attached hydrogen (secondary N) is 1. The molecule has 1 N–H and O–H groups in total. The summed E-state index contributed by atoms with van der Waals surface area (Å²) < 4.78 is 1.92. The monoisotopic (exact) mass is 297 g/mol. The minimum atomic E-state index is 0.697. The first kappa shape index (κ1) is 13.7. The van der Waals surface area contributed by atoms with Crippen molar-refractivity contribution in [3.63, 3.8) is 0 Å². The Labute approximate surface area is 129 Å². The number of aromatic nitrogens is 2. The molecule has 0 aliphatic carbocycles. The highest BCUT2D eigenvalue weighted by Crippen LogP contribution is 2.28. The van der Waals surface area contributed by atoms with Gasteiger partial charge in [0.15, 0.2) is 0 Å². The van der Waals surface area contributed by atoms with E-state index in [-0.39, 0.29) is 0 Å². The van der Waals surface area contributed by atoms with Crippen molar-refractivity contribution in [2.45, 2.75) is 13.5 Å². The molecule has 0 aliphatic heterocycles. The quantitative estimate of drug-likeness (QED) is 0.771. The molecule has 21 heavy (non-hydrogen) atoms. The van der Waals surface area contributed by atoms with Gasteiger partial charge in [-0.05, 0) is 24.6 Å². The number of halogens is 1. The van der Waals surface area contributed by atoms with Crippen LogP contribution in [0.15, 0.2) is 61.2 Å². The van der Waals surface area contributed by atoms with Gasteiger partial charge in [0.2, 0.25) is 0 Å². The van der Waals surface area contributed by atoms with Gasteiger partial charge < -0.3 is 9.88 Å². The lowest BCUT2D eigenvalue weighted by Crippen LogP contribution is -2.04. The molecule has 3 aromatic rings. The fourth-order valence-electron chi connectivity index (χ4n) is 2.33. The Hall–Kier alpha value is -2.26. The molecule has 0 atom stereocenters. The van der Waals surface area contributed by atoms with Crippen LogP contribution in [0.5, 0.6) is 0 Å². The van der Waals surface area contributed by atoms with Crippen LogP contribution in [0.25, 0.3) is 5.69 Å². The standard InChI is InChI=1S/C17H16ClN3/c1-13-4-2-5-14(10-13)11-20-16-7-3-6-15(18)17(16)21-9-8-19-12-21/h2-10,12,20H,11H2,1H3. The lowest BCUT2D eigenvalue weighted by molar-refractivity contribution is 1.04. The Bertz CT molecular complexity index is 736. The van der Waals surface area contributed by atoms with Crippen LogP contribution in [0.4, 0.5) is 5.69 Å². The number of benzene rings is 2. The largest absolute Gasteiger partial charge is 0.379 e. The minimum Gasteiger partial charge on any atom is -0.379 e. The second-order valence-electron chi connectivity index (χ2n) is 4.95. The van der Waals surface area contributed by atoms with Crippen molar-refractivity contribution in [2.24, 2.45) is 0 Å². The molecule has 0 fully saturated rings. The van der Waals surface area contributed by atoms with Crippen molar-refractivity contribution < 1.29 is 0 Å². The van der Waals surface area contributed by atoms with Crippen molar-refractivity contribution in [1.82, 2.24) is 9.55 Å². The van der Waals surface area contributed by atoms with Crippen LogP contribution >= 0.6 is 11.6 Å². The average Bonchev–Trinajstić information content (AvgIpc) is 2.99. The van der Waals surface area contributed by atoms with E-state index in [2.05, 4.69) is 41.5 Å². The predicted octanol–water partition coefficient (Wildman–Crippen LogP) is 4.45. The van der Waals surface area contributed by atoms with E-state index >= 15 is 0 Å². The Kier molecular flexibility index (Phi) is 3.93. The number of anilines is 1. The van der Waals surface area contributed by atoms with Crippen molar-refractivity contribution >= 4 is 17.3 Å². The molecule has 0 bridgehead atoms. The molecule has 2 aromatic carbocycles. The van der Waals surface area contributed by atoms with Gasteiger partial charge >= 0.3 is 0 Å². The summed E-state index contributed by atoms with van der Waals surface area (Å²) in [4.78, 5) is 4.09. The topological polar surface area (TPSA) is 29.9 Å². The molecule has 0 saturated carbocycles. The Balaban J connectivity index is 1.88. The van der Waals surface area contributed by atoms with Crippen molar-refractivity contribution in [3.8, 4) is 5.69 Å². The number of hydrogen-bond donors (Lipinski definition) is 1. The summed E-state index contributed by atoms with van der Waals surface area (Å²) in [6.45, 7) is 2.85. The van der Waals surface area contributed by atoms with Crippen molar-refractivity contribution in [2.75, 3.05) is 5.32 Å². The van der Waals surface area contributed by atoms with Crippen LogP contribution in [-0.2, 0) is 6.54 Å². The van der Waals surface area contributed by atoms with E-state index in [0.29, 0.717) is 5.02 Å². The van der Waals surface area contributed by atoms with E-state index in [1.54, 1.807) is 12.5 Å². The molecule has 3 rings (SSSR count). The average molecular weight is 298 g/mol. The first-order valence-corrected chi connectivity index (χ1v) is 7.18. The van der Waals surface area contributed by atoms with E-state index in [1.165, 1.54) is 11.1 Å². The Morgan fingerprint density at radius 2 is 2.05 bits per heavy atom. The maximum absolute atomic E-state index is 6.34. The molecule has 0 saturated heterocycles. The van der Waals surface area contributed by atoms with Gasteiger partial charge in [0.1, 0.15) is 0 Å². The van der Waals surface area contributed by atoms with Gasteiger partial charge in [0.25, 0.3) is 0 Å². The van der Waals surface area contributed by atoms with E-state index in [0.717, 1.165) is 17.9 Å². The van der Waals surface area contributed by atoms with E-state index < -0.39 is 0 Å². The van der Waals surface area contributed by atoms with Crippen molar-refractivity contribution in [3.05, 3.63) is 77.3 Å². The van der Waals surface area contributed by atoms with Gasteiger partial charge in [-0.3, -0.25) is 0 Å². The maximum Gasteiger partial charge on any atom is 0.0992 e. The van der Waals surface area contributed by atoms with E-state index in [4.69, 9.17) is 11.6 Å². The first-order chi connectivity index (χ1) is 10.2. The summed E-state index contributed by atoms with van der Waals surface area (Å²) in [6.07, 6.45) is 5.38. The highest BCUT2D eigenvalue weighted by atomic mass is 35.5. The summed E-state index contributed by atoms with van der Waals surface area (Å²) in [5.41, 5.74) is 4.41. The Morgan fingerprint density at radius 3 is 2.81 bits per heavy atom. The van der Waals surface area contributed by atoms with Gasteiger partial charge in [-0.2, -0.15) is 0 Å². The number of hydrogen-bond acceptors (Lipinski definition) is 2. The number of nitrogens with zero attached hydrogens (tertiary/aromatic N) is 2. The Morgan fingerprint density at radius 1 is 1.19 bits per heavy atom. The van der Waals surface area contributed by atoms with Crippen LogP contribution in [0.3, 0.4) is 0 Å². The number of aryl methyl sites for hydroxylation is 1. The van der Waals surface area contributed by atoms with Gasteiger partial charge in [0, 0.05) is 18.9 Å². The fraction of sp³-hybridized carbons (Fsp3) is 0.118. The number of rotatable bonds is 4. The zero-order valence-electron chi connectivity index (χ0n) is 11.8. The molecule has 1 aromatic heterocycles. The third-order valence-corrected chi connectivity index (χ3v) is 3.62. The number of para-hydroxylation sites is 1. The predicted molar refractivity (Wildman–Crippen MR) is 87.1 cm³/mol. The first-order valence-electron chi connectivity index (χ1n) is 6.80. The summed E-state index contributed by atoms with van der Waals surface area (Å²) >= 11 is 6.34. The van der Waals surface area contributed by atoms with E-state index in [9.17, 15) is 0 Å². The summed E-state index contributed by atoms with van der Waals surface area (Å²) in [7, 11) is 0. The van der Waals surface area contributed by atoms with Crippen LogP contribution in [0, 0.1) is 6.92 Å². The van der Waals surface area contributed by atoms with Crippen LogP contribution in [0.1, 0.15) is 11.1 Å². The summed E-state index contributed by atoms with van der Waals surface area (Å²) in [5.74, 6) is 0. The maximum atomic E-state index is 6.34. The van der Waals surface area contributed by atoms with Crippen LogP contribution in [0.2, 0.25) is 5.02 Å². The molecular formula is C17H16ClN3. The molecule has 1 heterocycles. The SMILES string of the molecule is Cc1cccc(CNc2cccc(Cl)c2-n2ccnc2)c1. The molecule has 0 unspecified atom stereocenters. The van der Waals surface area contributed by atoms with Gasteiger partial charge in [-0.15, -0.1) is 0 Å². The van der Waals surface area contributed by atoms with Crippen molar-refractivity contribution in [1.29, 1.82) is 0 Å². The van der Waals surface area contributed by atoms with Gasteiger partial charge in [-0.25, -0.2) is 4.98 Å². The molecule has 3 nitrogen and oxygen atoms in total. The van der Waals surface area contributed by atoms with Gasteiger partial charge in [-0.1, -0.05) is 47.5 Å². The second-order valence-corrected chi connectivity index (χ2v) is 5.36. The fourth-order valence-corrected chi connectivity index (χ4v) is 2.60. The summed E-state index contributed by atoms with van der Waals surface area (Å²) in [6, 6.07) is 14.3.